The first-order valence-electron chi connectivity index (χ1n) is 5.52. The van der Waals surface area contributed by atoms with E-state index in [1.54, 1.807) is 10.9 Å². The van der Waals surface area contributed by atoms with Crippen LogP contribution >= 0.6 is 11.3 Å². The van der Waals surface area contributed by atoms with E-state index in [0.29, 0.717) is 17.8 Å². The number of hydrogen-bond acceptors (Lipinski definition) is 5. The van der Waals surface area contributed by atoms with Gasteiger partial charge in [-0.3, -0.25) is 4.79 Å². The Morgan fingerprint density at radius 2 is 2.16 bits per heavy atom. The maximum Gasteiger partial charge on any atom is 0.345 e. The SMILES string of the molecule is Cn1cnnc1CCNC(=O)c1ccc(C(=O)O)s1. The summed E-state index contributed by atoms with van der Waals surface area (Å²) in [7, 11) is 1.83. The number of thiophene rings is 1. The Morgan fingerprint density at radius 1 is 1.42 bits per heavy atom. The fourth-order valence-corrected chi connectivity index (χ4v) is 2.24. The molecular formula is C11H12N4O3S. The van der Waals surface area contributed by atoms with Crippen LogP contribution in [-0.2, 0) is 13.5 Å². The van der Waals surface area contributed by atoms with Crippen molar-refractivity contribution in [1.29, 1.82) is 0 Å². The lowest BCUT2D eigenvalue weighted by molar-refractivity contribution is 0.0702. The van der Waals surface area contributed by atoms with Crippen LogP contribution in [0.4, 0.5) is 0 Å². The molecule has 7 nitrogen and oxygen atoms in total. The monoisotopic (exact) mass is 280 g/mol. The highest BCUT2D eigenvalue weighted by Crippen LogP contribution is 2.16. The van der Waals surface area contributed by atoms with Crippen molar-refractivity contribution in [2.75, 3.05) is 6.54 Å². The largest absolute Gasteiger partial charge is 0.477 e. The predicted octanol–water partition coefficient (Wildman–Crippen LogP) is 0.547. The molecule has 0 aliphatic heterocycles. The van der Waals surface area contributed by atoms with E-state index in [1.807, 2.05) is 7.05 Å². The maximum atomic E-state index is 11.8. The summed E-state index contributed by atoms with van der Waals surface area (Å²) in [6.07, 6.45) is 2.16. The zero-order chi connectivity index (χ0) is 13.8. The van der Waals surface area contributed by atoms with E-state index in [0.717, 1.165) is 17.2 Å². The summed E-state index contributed by atoms with van der Waals surface area (Å²) in [6, 6.07) is 2.93. The van der Waals surface area contributed by atoms with Crippen molar-refractivity contribution in [1.82, 2.24) is 20.1 Å². The molecule has 100 valence electrons. The predicted molar refractivity (Wildman–Crippen MR) is 68.3 cm³/mol. The van der Waals surface area contributed by atoms with Gasteiger partial charge in [0.05, 0.1) is 4.88 Å². The minimum atomic E-state index is -1.02. The van der Waals surface area contributed by atoms with Gasteiger partial charge in [0.1, 0.15) is 17.0 Å². The third-order valence-corrected chi connectivity index (χ3v) is 3.55. The van der Waals surface area contributed by atoms with Crippen molar-refractivity contribution >= 4 is 23.2 Å². The highest BCUT2D eigenvalue weighted by atomic mass is 32.1. The molecule has 2 heterocycles. The number of hydrogen-bond donors (Lipinski definition) is 2. The van der Waals surface area contributed by atoms with Crippen molar-refractivity contribution in [3.8, 4) is 0 Å². The minimum Gasteiger partial charge on any atom is -0.477 e. The number of carbonyl (C=O) groups is 2. The summed E-state index contributed by atoms with van der Waals surface area (Å²) in [5.74, 6) is -0.527. The van der Waals surface area contributed by atoms with Gasteiger partial charge in [0.2, 0.25) is 0 Å². The van der Waals surface area contributed by atoms with Crippen molar-refractivity contribution in [3.63, 3.8) is 0 Å². The van der Waals surface area contributed by atoms with Gasteiger partial charge in [-0.15, -0.1) is 21.5 Å². The Bertz CT molecular complexity index is 605. The molecule has 1 amide bonds. The van der Waals surface area contributed by atoms with E-state index in [2.05, 4.69) is 15.5 Å². The molecule has 2 aromatic rings. The van der Waals surface area contributed by atoms with E-state index >= 15 is 0 Å². The number of rotatable bonds is 5. The van der Waals surface area contributed by atoms with Crippen molar-refractivity contribution in [3.05, 3.63) is 34.0 Å². The number of aryl methyl sites for hydroxylation is 1. The molecule has 0 aliphatic carbocycles. The molecule has 0 saturated carbocycles. The molecule has 0 radical (unpaired) electrons. The number of carboxylic acids is 1. The average Bonchev–Trinajstić information content (AvgIpc) is 2.98. The van der Waals surface area contributed by atoms with Gasteiger partial charge in [-0.25, -0.2) is 4.79 Å². The van der Waals surface area contributed by atoms with E-state index in [1.165, 1.54) is 12.1 Å². The second kappa shape index (κ2) is 5.61. The molecule has 2 N–H and O–H groups in total. The van der Waals surface area contributed by atoms with Crippen LogP contribution in [0, 0.1) is 0 Å². The number of nitrogens with one attached hydrogen (secondary N) is 1. The van der Waals surface area contributed by atoms with E-state index in [4.69, 9.17) is 5.11 Å². The fraction of sp³-hybridized carbons (Fsp3) is 0.273. The first-order valence-corrected chi connectivity index (χ1v) is 6.34. The number of aromatic nitrogens is 3. The van der Waals surface area contributed by atoms with Gasteiger partial charge in [0.25, 0.3) is 5.91 Å². The summed E-state index contributed by atoms with van der Waals surface area (Å²) in [4.78, 5) is 23.0. The standard InChI is InChI=1S/C11H12N4O3S/c1-15-6-13-14-9(15)4-5-12-10(16)7-2-3-8(19-7)11(17)18/h2-3,6H,4-5H2,1H3,(H,12,16)(H,17,18). The molecule has 0 saturated heterocycles. The van der Waals surface area contributed by atoms with Gasteiger partial charge in [-0.2, -0.15) is 0 Å². The lowest BCUT2D eigenvalue weighted by Crippen LogP contribution is -2.25. The van der Waals surface area contributed by atoms with Gasteiger partial charge in [-0.05, 0) is 12.1 Å². The number of nitrogens with zero attached hydrogens (tertiary/aromatic N) is 3. The molecule has 0 unspecified atom stereocenters. The van der Waals surface area contributed by atoms with Gasteiger partial charge >= 0.3 is 5.97 Å². The number of amides is 1. The molecule has 0 fully saturated rings. The first kappa shape index (κ1) is 13.2. The highest BCUT2D eigenvalue weighted by molar-refractivity contribution is 7.15. The van der Waals surface area contributed by atoms with Crippen molar-refractivity contribution in [2.24, 2.45) is 7.05 Å². The Morgan fingerprint density at radius 3 is 2.74 bits per heavy atom. The highest BCUT2D eigenvalue weighted by Gasteiger charge is 2.12. The quantitative estimate of drug-likeness (QED) is 0.833. The molecule has 0 spiro atoms. The van der Waals surface area contributed by atoms with Crippen LogP contribution in [0.5, 0.6) is 0 Å². The fourth-order valence-electron chi connectivity index (χ4n) is 1.48. The molecular weight excluding hydrogens is 268 g/mol. The van der Waals surface area contributed by atoms with Crippen molar-refractivity contribution in [2.45, 2.75) is 6.42 Å². The Labute approximate surface area is 112 Å². The average molecular weight is 280 g/mol. The molecule has 8 heteroatoms. The normalized spacial score (nSPS) is 10.4. The van der Waals surface area contributed by atoms with Crippen LogP contribution in [-0.4, -0.2) is 38.3 Å². The molecule has 2 rings (SSSR count). The molecule has 0 aromatic carbocycles. The summed E-state index contributed by atoms with van der Waals surface area (Å²) in [6.45, 7) is 0.422. The van der Waals surface area contributed by atoms with Gasteiger partial charge in [0, 0.05) is 20.0 Å². The second-order valence-electron chi connectivity index (χ2n) is 3.83. The topological polar surface area (TPSA) is 97.1 Å². The van der Waals surface area contributed by atoms with E-state index in [-0.39, 0.29) is 10.8 Å². The van der Waals surface area contributed by atoms with E-state index < -0.39 is 5.97 Å². The second-order valence-corrected chi connectivity index (χ2v) is 4.92. The number of carbonyl (C=O) groups excluding carboxylic acids is 1. The molecule has 2 aromatic heterocycles. The number of aromatic carboxylic acids is 1. The summed E-state index contributed by atoms with van der Waals surface area (Å²) in [5, 5.41) is 19.1. The lowest BCUT2D eigenvalue weighted by Gasteiger charge is -2.02. The smallest absolute Gasteiger partial charge is 0.345 e. The van der Waals surface area contributed by atoms with Crippen molar-refractivity contribution < 1.29 is 14.7 Å². The van der Waals surface area contributed by atoms with Gasteiger partial charge in [-0.1, -0.05) is 0 Å². The van der Waals surface area contributed by atoms with E-state index in [9.17, 15) is 9.59 Å². The third kappa shape index (κ3) is 3.16. The molecule has 0 atom stereocenters. The third-order valence-electron chi connectivity index (χ3n) is 2.48. The Hall–Kier alpha value is -2.22. The van der Waals surface area contributed by atoms with Gasteiger partial charge in [0.15, 0.2) is 0 Å². The van der Waals surface area contributed by atoms with Crippen LogP contribution in [0.3, 0.4) is 0 Å². The summed E-state index contributed by atoms with van der Waals surface area (Å²) >= 11 is 0.955. The lowest BCUT2D eigenvalue weighted by atomic mass is 10.3. The minimum absolute atomic E-state index is 0.151. The molecule has 0 bridgehead atoms. The first-order chi connectivity index (χ1) is 9.08. The Balaban J connectivity index is 1.87. The zero-order valence-electron chi connectivity index (χ0n) is 10.2. The van der Waals surface area contributed by atoms with Crippen LogP contribution in [0.25, 0.3) is 0 Å². The number of carboxylic acid groups (broad SMARTS) is 1. The van der Waals surface area contributed by atoms with Crippen LogP contribution in [0.1, 0.15) is 25.2 Å². The molecule has 19 heavy (non-hydrogen) atoms. The van der Waals surface area contributed by atoms with Crippen LogP contribution in [0.2, 0.25) is 0 Å². The van der Waals surface area contributed by atoms with Gasteiger partial charge < -0.3 is 15.0 Å². The molecule has 0 aliphatic rings. The zero-order valence-corrected chi connectivity index (χ0v) is 11.0. The van der Waals surface area contributed by atoms with Crippen LogP contribution in [0.15, 0.2) is 18.5 Å². The maximum absolute atomic E-state index is 11.8. The summed E-state index contributed by atoms with van der Waals surface area (Å²) in [5.41, 5.74) is 0. The Kier molecular flexibility index (Phi) is 3.91. The summed E-state index contributed by atoms with van der Waals surface area (Å²) < 4.78 is 1.78. The van der Waals surface area contributed by atoms with Crippen LogP contribution < -0.4 is 5.32 Å².